The zero-order valence-corrected chi connectivity index (χ0v) is 10.3. The van der Waals surface area contributed by atoms with E-state index in [0.717, 1.165) is 4.90 Å². The van der Waals surface area contributed by atoms with Crippen molar-refractivity contribution in [1.29, 1.82) is 0 Å². The Hall–Kier alpha value is -2.32. The van der Waals surface area contributed by atoms with Crippen LogP contribution in [-0.4, -0.2) is 53.1 Å². The van der Waals surface area contributed by atoms with E-state index >= 15 is 0 Å². The topological polar surface area (TPSA) is 125 Å². The lowest BCUT2D eigenvalue weighted by Crippen LogP contribution is -2.52. The van der Waals surface area contributed by atoms with Gasteiger partial charge < -0.3 is 9.84 Å². The average molecular weight is 273 g/mol. The van der Waals surface area contributed by atoms with Gasteiger partial charge >= 0.3 is 18.0 Å². The summed E-state index contributed by atoms with van der Waals surface area (Å²) in [4.78, 5) is 45.6. The summed E-state index contributed by atoms with van der Waals surface area (Å²) in [5, 5.41) is 8.85. The second-order valence-electron chi connectivity index (χ2n) is 3.80. The van der Waals surface area contributed by atoms with Gasteiger partial charge in [-0.2, -0.15) is 0 Å². The van der Waals surface area contributed by atoms with Crippen molar-refractivity contribution in [2.24, 2.45) is 0 Å². The van der Waals surface area contributed by atoms with Crippen molar-refractivity contribution in [3.05, 3.63) is 0 Å². The van der Waals surface area contributed by atoms with Crippen molar-refractivity contribution < 1.29 is 29.0 Å². The molecule has 0 bridgehead atoms. The van der Waals surface area contributed by atoms with Crippen LogP contribution in [-0.2, 0) is 19.1 Å². The Bertz CT molecular complexity index is 397. The van der Waals surface area contributed by atoms with Crippen LogP contribution in [0.4, 0.5) is 4.79 Å². The van der Waals surface area contributed by atoms with Crippen LogP contribution in [0.3, 0.4) is 0 Å². The van der Waals surface area contributed by atoms with Gasteiger partial charge in [-0.1, -0.05) is 0 Å². The van der Waals surface area contributed by atoms with E-state index in [1.807, 2.05) is 10.9 Å². The lowest BCUT2D eigenvalue weighted by atomic mass is 10.2. The molecule has 1 unspecified atom stereocenters. The number of nitrogens with zero attached hydrogens (tertiary/aromatic N) is 1. The summed E-state index contributed by atoms with van der Waals surface area (Å²) in [6.07, 6.45) is -0.266. The molecule has 1 saturated heterocycles. The van der Waals surface area contributed by atoms with Gasteiger partial charge in [0.2, 0.25) is 0 Å². The van der Waals surface area contributed by atoms with E-state index in [9.17, 15) is 19.2 Å². The fourth-order valence-corrected chi connectivity index (χ4v) is 1.72. The Balaban J connectivity index is 2.45. The number of likely N-dealkylation sites (tertiary alicyclic amines) is 1. The Labute approximate surface area is 108 Å². The maximum absolute atomic E-state index is 11.7. The highest BCUT2D eigenvalue weighted by Crippen LogP contribution is 2.16. The van der Waals surface area contributed by atoms with Gasteiger partial charge in [-0.15, -0.1) is 0 Å². The minimum atomic E-state index is -1.20. The van der Waals surface area contributed by atoms with Gasteiger partial charge in [0.05, 0.1) is 6.61 Å². The lowest BCUT2D eigenvalue weighted by molar-refractivity contribution is -0.155. The highest BCUT2D eigenvalue weighted by atomic mass is 16.5. The molecule has 106 valence electrons. The molecule has 9 heteroatoms. The Kier molecular flexibility index (Phi) is 5.10. The number of esters is 1. The molecule has 1 atom stereocenters. The molecule has 1 rings (SSSR count). The van der Waals surface area contributed by atoms with Crippen molar-refractivity contribution in [2.75, 3.05) is 13.2 Å². The minimum Gasteiger partial charge on any atom is -0.465 e. The first-order valence-corrected chi connectivity index (χ1v) is 5.73. The van der Waals surface area contributed by atoms with E-state index in [0.29, 0.717) is 12.8 Å². The highest BCUT2D eigenvalue weighted by molar-refractivity contribution is 6.32. The molecule has 3 N–H and O–H groups in total. The zero-order chi connectivity index (χ0) is 14.4. The van der Waals surface area contributed by atoms with E-state index in [-0.39, 0.29) is 13.2 Å². The first-order chi connectivity index (χ1) is 8.97. The van der Waals surface area contributed by atoms with Crippen LogP contribution in [0.25, 0.3) is 0 Å². The number of amides is 3. The molecular weight excluding hydrogens is 258 g/mol. The van der Waals surface area contributed by atoms with Gasteiger partial charge in [0.1, 0.15) is 6.04 Å². The quantitative estimate of drug-likeness (QED) is 0.331. The molecule has 0 aromatic heterocycles. The fourth-order valence-electron chi connectivity index (χ4n) is 1.72. The number of carbonyl (C=O) groups excluding carboxylic acids is 3. The second kappa shape index (κ2) is 6.57. The number of carbonyl (C=O) groups is 4. The molecule has 1 aliphatic rings. The van der Waals surface area contributed by atoms with Crippen molar-refractivity contribution in [2.45, 2.75) is 25.8 Å². The average Bonchev–Trinajstić information content (AvgIpc) is 2.85. The molecule has 0 spiro atoms. The molecule has 1 fully saturated rings. The Morgan fingerprint density at radius 2 is 2.00 bits per heavy atom. The number of rotatable bonds is 2. The maximum Gasteiger partial charge on any atom is 0.407 e. The first-order valence-electron chi connectivity index (χ1n) is 5.73. The first kappa shape index (κ1) is 14.7. The summed E-state index contributed by atoms with van der Waals surface area (Å²) in [6, 6.07) is -0.861. The van der Waals surface area contributed by atoms with Crippen LogP contribution in [0.5, 0.6) is 0 Å². The lowest BCUT2D eigenvalue weighted by Gasteiger charge is -2.20. The molecular formula is C10H15N3O6. The van der Waals surface area contributed by atoms with E-state index in [2.05, 4.69) is 4.74 Å². The van der Waals surface area contributed by atoms with Gasteiger partial charge in [0, 0.05) is 6.54 Å². The number of ether oxygens (including phenoxy) is 1. The highest BCUT2D eigenvalue weighted by Gasteiger charge is 2.34. The summed E-state index contributed by atoms with van der Waals surface area (Å²) in [5.74, 6) is -2.92. The summed E-state index contributed by atoms with van der Waals surface area (Å²) in [6.45, 7) is 1.84. The van der Waals surface area contributed by atoms with Gasteiger partial charge in [0.15, 0.2) is 0 Å². The number of carboxylic acid groups (broad SMARTS) is 1. The van der Waals surface area contributed by atoms with Crippen LogP contribution in [0.15, 0.2) is 0 Å². The van der Waals surface area contributed by atoms with E-state index in [4.69, 9.17) is 5.11 Å². The molecule has 9 nitrogen and oxygen atoms in total. The van der Waals surface area contributed by atoms with Crippen LogP contribution >= 0.6 is 0 Å². The molecule has 0 aliphatic carbocycles. The summed E-state index contributed by atoms with van der Waals surface area (Å²) in [5.41, 5.74) is 3.87. The van der Waals surface area contributed by atoms with Gasteiger partial charge in [0.25, 0.3) is 5.91 Å². The van der Waals surface area contributed by atoms with E-state index in [1.54, 1.807) is 0 Å². The molecule has 3 amide bonds. The normalized spacial score (nSPS) is 17.7. The molecule has 19 heavy (non-hydrogen) atoms. The third-order valence-corrected chi connectivity index (χ3v) is 2.56. The second-order valence-corrected chi connectivity index (χ2v) is 3.80. The number of nitrogens with one attached hydrogen (secondary N) is 2. The zero-order valence-electron chi connectivity index (χ0n) is 10.3. The maximum atomic E-state index is 11.7. The standard InChI is InChI=1S/C10H15N3O6/c1-2-19-9(16)8(15)12-11-7(14)6-4-3-5-13(6)10(17)18/h6H,2-5H2,1H3,(H,11,14)(H,12,15)(H,17,18). The third-order valence-electron chi connectivity index (χ3n) is 2.56. The number of hydrogen-bond acceptors (Lipinski definition) is 5. The Morgan fingerprint density at radius 1 is 1.32 bits per heavy atom. The number of hydrazine groups is 1. The minimum absolute atomic E-state index is 0.0373. The molecule has 0 radical (unpaired) electrons. The van der Waals surface area contributed by atoms with Gasteiger partial charge in [-0.05, 0) is 19.8 Å². The number of hydrogen-bond donors (Lipinski definition) is 3. The molecule has 0 saturated carbocycles. The van der Waals surface area contributed by atoms with Crippen molar-refractivity contribution >= 4 is 23.9 Å². The smallest absolute Gasteiger partial charge is 0.407 e. The summed E-state index contributed by atoms with van der Waals surface area (Å²) < 4.78 is 4.41. The molecule has 1 heterocycles. The molecule has 0 aromatic carbocycles. The summed E-state index contributed by atoms with van der Waals surface area (Å²) in [7, 11) is 0. The fraction of sp³-hybridized carbons (Fsp3) is 0.600. The monoisotopic (exact) mass is 273 g/mol. The van der Waals surface area contributed by atoms with E-state index < -0.39 is 29.9 Å². The van der Waals surface area contributed by atoms with Crippen LogP contribution in [0.2, 0.25) is 0 Å². The largest absolute Gasteiger partial charge is 0.465 e. The summed E-state index contributed by atoms with van der Waals surface area (Å²) >= 11 is 0. The van der Waals surface area contributed by atoms with Crippen molar-refractivity contribution in [1.82, 2.24) is 15.8 Å². The van der Waals surface area contributed by atoms with Gasteiger partial charge in [-0.25, -0.2) is 9.59 Å². The van der Waals surface area contributed by atoms with Crippen molar-refractivity contribution in [3.63, 3.8) is 0 Å². The van der Waals surface area contributed by atoms with Gasteiger partial charge in [-0.3, -0.25) is 25.3 Å². The predicted octanol–water partition coefficient (Wildman–Crippen LogP) is -1.16. The van der Waals surface area contributed by atoms with Crippen LogP contribution < -0.4 is 10.9 Å². The van der Waals surface area contributed by atoms with Crippen molar-refractivity contribution in [3.8, 4) is 0 Å². The Morgan fingerprint density at radius 3 is 2.58 bits per heavy atom. The van der Waals surface area contributed by atoms with E-state index in [1.165, 1.54) is 6.92 Å². The predicted molar refractivity (Wildman–Crippen MR) is 60.7 cm³/mol. The third kappa shape index (κ3) is 3.83. The van der Waals surface area contributed by atoms with Crippen LogP contribution in [0, 0.1) is 0 Å². The molecule has 0 aromatic rings. The molecule has 1 aliphatic heterocycles. The SMILES string of the molecule is CCOC(=O)C(=O)NNC(=O)C1CCCN1C(=O)O. The van der Waals surface area contributed by atoms with Crippen LogP contribution in [0.1, 0.15) is 19.8 Å².